The maximum Gasteiger partial charge on any atom is -0.000504 e. The smallest absolute Gasteiger partial charge is 0.000504 e. The van der Waals surface area contributed by atoms with Crippen LogP contribution in [-0.2, 0) is 0 Å². The van der Waals surface area contributed by atoms with E-state index in [0.717, 1.165) is 0 Å². The zero-order valence-electron chi connectivity index (χ0n) is 10.3. The van der Waals surface area contributed by atoms with Gasteiger partial charge in [0.2, 0.25) is 0 Å². The average molecular weight is 202 g/mol. The number of rotatable bonds is 0. The van der Waals surface area contributed by atoms with Gasteiger partial charge in [-0.3, -0.25) is 0 Å². The molecule has 0 unspecified atom stereocenters. The number of fused-ring (bicyclic) bond motifs is 1. The molecular formula is C15H22. The molecule has 1 spiro atoms. The molecule has 2 atom stereocenters. The first-order valence-electron chi connectivity index (χ1n) is 6.42. The standard InChI is InChI=1S/C15H22/c1-11-9-15-7-4-6-14(3,10-15)8-5-13(15)12(11)2/h5H,4,6-10H2,1-3H3/t14-,15+/m1/s1. The summed E-state index contributed by atoms with van der Waals surface area (Å²) in [6.45, 7) is 7.19. The van der Waals surface area contributed by atoms with Crippen LogP contribution in [0.1, 0.15) is 59.3 Å². The van der Waals surface area contributed by atoms with Crippen molar-refractivity contribution in [3.8, 4) is 0 Å². The maximum atomic E-state index is 2.58. The lowest BCUT2D eigenvalue weighted by Crippen LogP contribution is -2.37. The fraction of sp³-hybridized carbons (Fsp3) is 0.733. The molecule has 0 amide bonds. The van der Waals surface area contributed by atoms with Gasteiger partial charge in [0, 0.05) is 0 Å². The number of allylic oxidation sites excluding steroid dienone is 4. The first kappa shape index (κ1) is 9.69. The molecule has 0 radical (unpaired) electrons. The Hall–Kier alpha value is -0.520. The van der Waals surface area contributed by atoms with E-state index in [9.17, 15) is 0 Å². The Balaban J connectivity index is 2.07. The zero-order valence-corrected chi connectivity index (χ0v) is 10.3. The number of hydrogen-bond acceptors (Lipinski definition) is 0. The van der Waals surface area contributed by atoms with Gasteiger partial charge in [-0.2, -0.15) is 0 Å². The molecule has 2 bridgehead atoms. The van der Waals surface area contributed by atoms with Crippen LogP contribution in [0, 0.1) is 10.8 Å². The highest BCUT2D eigenvalue weighted by atomic mass is 14.5. The molecule has 3 aliphatic carbocycles. The number of hydrogen-bond donors (Lipinski definition) is 0. The van der Waals surface area contributed by atoms with Gasteiger partial charge in [0.15, 0.2) is 0 Å². The van der Waals surface area contributed by atoms with E-state index in [1.54, 1.807) is 16.7 Å². The van der Waals surface area contributed by atoms with Crippen molar-refractivity contribution in [2.75, 3.05) is 0 Å². The Kier molecular flexibility index (Phi) is 1.80. The van der Waals surface area contributed by atoms with Gasteiger partial charge < -0.3 is 0 Å². The molecule has 0 aromatic carbocycles. The SMILES string of the molecule is CC1=C(C)C2=CC[C@@]3(C)CCC[C@]2(C1)C3. The molecule has 0 N–H and O–H groups in total. The third-order valence-corrected chi connectivity index (χ3v) is 5.22. The van der Waals surface area contributed by atoms with Gasteiger partial charge in [0.05, 0.1) is 0 Å². The van der Waals surface area contributed by atoms with Crippen molar-refractivity contribution in [3.05, 3.63) is 22.8 Å². The van der Waals surface area contributed by atoms with E-state index >= 15 is 0 Å². The van der Waals surface area contributed by atoms with E-state index in [4.69, 9.17) is 0 Å². The van der Waals surface area contributed by atoms with Gasteiger partial charge in [-0.05, 0) is 67.9 Å². The Bertz CT molecular complexity index is 371. The zero-order chi connectivity index (χ0) is 10.7. The van der Waals surface area contributed by atoms with Crippen molar-refractivity contribution in [3.63, 3.8) is 0 Å². The van der Waals surface area contributed by atoms with E-state index in [1.807, 2.05) is 0 Å². The third-order valence-electron chi connectivity index (χ3n) is 5.22. The maximum absolute atomic E-state index is 2.58. The first-order valence-corrected chi connectivity index (χ1v) is 6.42. The van der Waals surface area contributed by atoms with E-state index in [2.05, 4.69) is 26.8 Å². The average Bonchev–Trinajstić information content (AvgIpc) is 2.36. The monoisotopic (exact) mass is 202 g/mol. The molecule has 3 rings (SSSR count). The summed E-state index contributed by atoms with van der Waals surface area (Å²) in [5, 5.41) is 0. The van der Waals surface area contributed by atoms with E-state index < -0.39 is 0 Å². The van der Waals surface area contributed by atoms with Crippen molar-refractivity contribution in [2.45, 2.75) is 59.3 Å². The van der Waals surface area contributed by atoms with Crippen LogP contribution in [0.5, 0.6) is 0 Å². The van der Waals surface area contributed by atoms with Crippen LogP contribution in [0.3, 0.4) is 0 Å². The fourth-order valence-electron chi connectivity index (χ4n) is 4.48. The van der Waals surface area contributed by atoms with Crippen LogP contribution in [0.2, 0.25) is 0 Å². The molecule has 1 fully saturated rings. The molecular weight excluding hydrogens is 180 g/mol. The van der Waals surface area contributed by atoms with Gasteiger partial charge in [0.1, 0.15) is 0 Å². The summed E-state index contributed by atoms with van der Waals surface area (Å²) in [5.41, 5.74) is 6.23. The molecule has 0 heteroatoms. The minimum atomic E-state index is 0.583. The van der Waals surface area contributed by atoms with E-state index in [1.165, 1.54) is 38.5 Å². The van der Waals surface area contributed by atoms with Crippen LogP contribution in [0.25, 0.3) is 0 Å². The topological polar surface area (TPSA) is 0 Å². The second kappa shape index (κ2) is 2.78. The highest BCUT2D eigenvalue weighted by molar-refractivity contribution is 5.47. The summed E-state index contributed by atoms with van der Waals surface area (Å²) in [7, 11) is 0. The highest BCUT2D eigenvalue weighted by Crippen LogP contribution is 2.62. The van der Waals surface area contributed by atoms with E-state index in [-0.39, 0.29) is 0 Å². The molecule has 0 saturated heterocycles. The second-order valence-electron chi connectivity index (χ2n) is 6.53. The predicted molar refractivity (Wildman–Crippen MR) is 64.7 cm³/mol. The molecule has 82 valence electrons. The Morgan fingerprint density at radius 1 is 1.20 bits per heavy atom. The summed E-state index contributed by atoms with van der Waals surface area (Å²) >= 11 is 0. The van der Waals surface area contributed by atoms with E-state index in [0.29, 0.717) is 10.8 Å². The fourth-order valence-corrected chi connectivity index (χ4v) is 4.48. The van der Waals surface area contributed by atoms with Gasteiger partial charge in [0.25, 0.3) is 0 Å². The van der Waals surface area contributed by atoms with Crippen LogP contribution in [0.15, 0.2) is 22.8 Å². The summed E-state index contributed by atoms with van der Waals surface area (Å²) in [5.74, 6) is 0. The largest absolute Gasteiger partial charge is 0.0799 e. The van der Waals surface area contributed by atoms with Crippen molar-refractivity contribution in [2.24, 2.45) is 10.8 Å². The van der Waals surface area contributed by atoms with Crippen molar-refractivity contribution in [1.29, 1.82) is 0 Å². The summed E-state index contributed by atoms with van der Waals surface area (Å²) in [6, 6.07) is 0. The van der Waals surface area contributed by atoms with Crippen LogP contribution < -0.4 is 0 Å². The minimum Gasteiger partial charge on any atom is -0.0799 e. The molecule has 1 saturated carbocycles. The Morgan fingerprint density at radius 2 is 2.00 bits per heavy atom. The summed E-state index contributed by atoms with van der Waals surface area (Å²) < 4.78 is 0. The Labute approximate surface area is 93.5 Å². The van der Waals surface area contributed by atoms with Crippen LogP contribution in [-0.4, -0.2) is 0 Å². The lowest BCUT2D eigenvalue weighted by atomic mass is 9.55. The first-order chi connectivity index (χ1) is 7.05. The molecule has 3 aliphatic rings. The predicted octanol–water partition coefficient (Wildman–Crippen LogP) is 4.62. The normalized spacial score (nSPS) is 44.1. The quantitative estimate of drug-likeness (QED) is 0.537. The molecule has 15 heavy (non-hydrogen) atoms. The molecule has 0 aromatic heterocycles. The minimum absolute atomic E-state index is 0.583. The molecule has 0 aliphatic heterocycles. The van der Waals surface area contributed by atoms with Gasteiger partial charge >= 0.3 is 0 Å². The van der Waals surface area contributed by atoms with Gasteiger partial charge in [-0.1, -0.05) is 25.0 Å². The van der Waals surface area contributed by atoms with Crippen molar-refractivity contribution < 1.29 is 0 Å². The molecule has 0 heterocycles. The van der Waals surface area contributed by atoms with Crippen molar-refractivity contribution >= 4 is 0 Å². The Morgan fingerprint density at radius 3 is 2.80 bits per heavy atom. The summed E-state index contributed by atoms with van der Waals surface area (Å²) in [4.78, 5) is 0. The van der Waals surface area contributed by atoms with Crippen molar-refractivity contribution in [1.82, 2.24) is 0 Å². The molecule has 0 aromatic rings. The van der Waals surface area contributed by atoms with Crippen LogP contribution in [0.4, 0.5) is 0 Å². The third kappa shape index (κ3) is 1.20. The lowest BCUT2D eigenvalue weighted by Gasteiger charge is -2.49. The molecule has 0 nitrogen and oxygen atoms in total. The summed E-state index contributed by atoms with van der Waals surface area (Å²) in [6.07, 6.45) is 11.1. The van der Waals surface area contributed by atoms with Crippen LogP contribution >= 0.6 is 0 Å². The lowest BCUT2D eigenvalue weighted by molar-refractivity contribution is 0.0930. The highest BCUT2D eigenvalue weighted by Gasteiger charge is 2.49. The van der Waals surface area contributed by atoms with Gasteiger partial charge in [-0.25, -0.2) is 0 Å². The van der Waals surface area contributed by atoms with Gasteiger partial charge in [-0.15, -0.1) is 0 Å². The second-order valence-corrected chi connectivity index (χ2v) is 6.53.